The summed E-state index contributed by atoms with van der Waals surface area (Å²) in [5.74, 6) is -1.08. The Labute approximate surface area is 199 Å². The molecule has 2 aliphatic rings. The third kappa shape index (κ3) is 3.34. The molecule has 1 atom stereocenters. The van der Waals surface area contributed by atoms with Crippen LogP contribution in [0.4, 0.5) is 20.4 Å². The molecule has 1 unspecified atom stereocenters. The summed E-state index contributed by atoms with van der Waals surface area (Å²) in [5.41, 5.74) is 7.37. The summed E-state index contributed by atoms with van der Waals surface area (Å²) < 4.78 is 30.3. The van der Waals surface area contributed by atoms with Crippen molar-refractivity contribution in [1.82, 2.24) is 19.3 Å². The normalized spacial score (nSPS) is 19.8. The number of carbonyl (C=O) groups excluding carboxylic acids is 1. The Morgan fingerprint density at radius 2 is 1.91 bits per heavy atom. The number of hydrogen-bond donors (Lipinski definition) is 1. The molecule has 176 valence electrons. The van der Waals surface area contributed by atoms with Crippen LogP contribution in [0.3, 0.4) is 0 Å². The zero-order valence-corrected chi connectivity index (χ0v) is 18.7. The van der Waals surface area contributed by atoms with E-state index in [9.17, 15) is 13.6 Å². The first kappa shape index (κ1) is 21.3. The lowest BCUT2D eigenvalue weighted by Crippen LogP contribution is -2.34. The minimum absolute atomic E-state index is 0.0536. The summed E-state index contributed by atoms with van der Waals surface area (Å²) in [7, 11) is 0. The number of imidazole rings is 1. The van der Waals surface area contributed by atoms with Crippen LogP contribution in [0, 0.1) is 28.4 Å². The minimum atomic E-state index is -0.501. The highest BCUT2D eigenvalue weighted by molar-refractivity contribution is 5.97. The number of nitrogens with two attached hydrogens (primary N) is 1. The van der Waals surface area contributed by atoms with Gasteiger partial charge in [-0.3, -0.25) is 9.20 Å². The molecule has 2 N–H and O–H groups in total. The number of amides is 1. The smallest absolute Gasteiger partial charge is 0.274 e. The summed E-state index contributed by atoms with van der Waals surface area (Å²) in [4.78, 5) is 25.7. The van der Waals surface area contributed by atoms with Crippen molar-refractivity contribution in [3.05, 3.63) is 65.5 Å². The second-order valence-corrected chi connectivity index (χ2v) is 9.35. The van der Waals surface area contributed by atoms with Crippen LogP contribution >= 0.6 is 0 Å². The number of halogens is 2. The molecule has 0 aliphatic carbocycles. The van der Waals surface area contributed by atoms with Gasteiger partial charge < -0.3 is 15.5 Å². The molecule has 8 nitrogen and oxygen atoms in total. The topological polar surface area (TPSA) is 104 Å². The van der Waals surface area contributed by atoms with Crippen molar-refractivity contribution >= 4 is 34.1 Å². The van der Waals surface area contributed by atoms with Crippen molar-refractivity contribution in [3.8, 4) is 6.07 Å². The third-order valence-corrected chi connectivity index (χ3v) is 7.21. The number of rotatable bonds is 2. The fourth-order valence-corrected chi connectivity index (χ4v) is 5.40. The lowest BCUT2D eigenvalue weighted by Gasteiger charge is -2.25. The van der Waals surface area contributed by atoms with Gasteiger partial charge in [0.2, 0.25) is 5.95 Å². The number of nitriles is 1. The predicted octanol–water partition coefficient (Wildman–Crippen LogP) is 3.36. The van der Waals surface area contributed by atoms with Gasteiger partial charge in [0.05, 0.1) is 17.3 Å². The molecule has 2 aliphatic heterocycles. The number of nitrogens with zero attached hydrogens (tertiary/aromatic N) is 6. The molecule has 4 heterocycles. The quantitative estimate of drug-likeness (QED) is 0.479. The van der Waals surface area contributed by atoms with Crippen molar-refractivity contribution in [2.24, 2.45) is 5.41 Å². The summed E-state index contributed by atoms with van der Waals surface area (Å²) >= 11 is 0. The number of benzene rings is 2. The Balaban J connectivity index is 1.24. The second kappa shape index (κ2) is 7.63. The highest BCUT2D eigenvalue weighted by Gasteiger charge is 2.45. The average molecular weight is 473 g/mol. The van der Waals surface area contributed by atoms with Crippen LogP contribution < -0.4 is 10.6 Å². The summed E-state index contributed by atoms with van der Waals surface area (Å²) in [5, 5.41) is 9.46. The molecule has 2 aromatic heterocycles. The average Bonchev–Trinajstić information content (AvgIpc) is 3.59. The van der Waals surface area contributed by atoms with E-state index in [1.807, 2.05) is 11.0 Å². The highest BCUT2D eigenvalue weighted by Crippen LogP contribution is 2.42. The molecule has 0 bridgehead atoms. The van der Waals surface area contributed by atoms with Gasteiger partial charge in [-0.05, 0) is 43.2 Å². The summed E-state index contributed by atoms with van der Waals surface area (Å²) in [6, 6.07) is 11.0. The number of hydrogen-bond acceptors (Lipinski definition) is 6. The van der Waals surface area contributed by atoms with Crippen LogP contribution in [-0.4, -0.2) is 51.4 Å². The Kier molecular flexibility index (Phi) is 4.64. The van der Waals surface area contributed by atoms with E-state index in [4.69, 9.17) is 11.0 Å². The SMILES string of the molecule is N#Cc1ccc(N2CCC3(CCN(C(=O)c4cn5c(N)nc6c(F)cccc6c5n4)C3)C2)c(F)c1. The summed E-state index contributed by atoms with van der Waals surface area (Å²) in [6.07, 6.45) is 3.18. The summed E-state index contributed by atoms with van der Waals surface area (Å²) in [6.45, 7) is 2.42. The maximum Gasteiger partial charge on any atom is 0.274 e. The Morgan fingerprint density at radius 3 is 2.71 bits per heavy atom. The van der Waals surface area contributed by atoms with Crippen LogP contribution in [0.25, 0.3) is 16.6 Å². The van der Waals surface area contributed by atoms with E-state index in [0.29, 0.717) is 42.9 Å². The minimum Gasteiger partial charge on any atom is -0.369 e. The number of anilines is 2. The van der Waals surface area contributed by atoms with E-state index >= 15 is 0 Å². The maximum atomic E-state index is 14.6. The largest absolute Gasteiger partial charge is 0.369 e. The van der Waals surface area contributed by atoms with E-state index in [1.54, 1.807) is 35.4 Å². The van der Waals surface area contributed by atoms with Crippen molar-refractivity contribution < 1.29 is 13.6 Å². The molecule has 0 saturated carbocycles. The van der Waals surface area contributed by atoms with Crippen molar-refractivity contribution in [2.45, 2.75) is 12.8 Å². The molecule has 2 saturated heterocycles. The van der Waals surface area contributed by atoms with Gasteiger partial charge in [-0.15, -0.1) is 0 Å². The van der Waals surface area contributed by atoms with E-state index in [2.05, 4.69) is 9.97 Å². The number of likely N-dealkylation sites (tertiary alicyclic amines) is 1. The number of para-hydroxylation sites is 1. The molecule has 0 radical (unpaired) electrons. The number of carbonyl (C=O) groups is 1. The molecule has 6 rings (SSSR count). The number of nitrogen functional groups attached to an aromatic ring is 1. The van der Waals surface area contributed by atoms with Crippen LogP contribution in [-0.2, 0) is 0 Å². The van der Waals surface area contributed by atoms with Gasteiger partial charge >= 0.3 is 0 Å². The van der Waals surface area contributed by atoms with Gasteiger partial charge in [0.1, 0.15) is 28.5 Å². The lowest BCUT2D eigenvalue weighted by molar-refractivity contribution is 0.0771. The molecular weight excluding hydrogens is 452 g/mol. The van der Waals surface area contributed by atoms with Crippen LogP contribution in [0.5, 0.6) is 0 Å². The second-order valence-electron chi connectivity index (χ2n) is 9.35. The first-order chi connectivity index (χ1) is 16.9. The molecule has 35 heavy (non-hydrogen) atoms. The maximum absolute atomic E-state index is 14.6. The van der Waals surface area contributed by atoms with Crippen molar-refractivity contribution in [3.63, 3.8) is 0 Å². The molecule has 10 heteroatoms. The van der Waals surface area contributed by atoms with Crippen molar-refractivity contribution in [1.29, 1.82) is 5.26 Å². The zero-order valence-electron chi connectivity index (χ0n) is 18.7. The van der Waals surface area contributed by atoms with Gasteiger partial charge in [0.25, 0.3) is 5.91 Å². The Morgan fingerprint density at radius 1 is 1.09 bits per heavy atom. The molecule has 2 aromatic carbocycles. The highest BCUT2D eigenvalue weighted by atomic mass is 19.1. The fourth-order valence-electron chi connectivity index (χ4n) is 5.40. The van der Waals surface area contributed by atoms with Crippen LogP contribution in [0.1, 0.15) is 28.9 Å². The van der Waals surface area contributed by atoms with Crippen LogP contribution in [0.15, 0.2) is 42.6 Å². The standard InChI is InChI=1S/C25H21F2N7O/c26-17-3-1-2-16-21(17)31-24(29)34-12-19(30-22(16)34)23(35)33-9-7-25(14-33)6-8-32(13-25)20-5-4-15(11-28)10-18(20)27/h1-5,10,12H,6-9,13-14H2,(H2,29,31). The van der Waals surface area contributed by atoms with Crippen molar-refractivity contribution in [2.75, 3.05) is 36.8 Å². The van der Waals surface area contributed by atoms with Gasteiger partial charge in [-0.1, -0.05) is 6.07 Å². The van der Waals surface area contributed by atoms with Gasteiger partial charge in [0.15, 0.2) is 0 Å². The Bertz CT molecular complexity index is 1560. The zero-order chi connectivity index (χ0) is 24.3. The first-order valence-corrected chi connectivity index (χ1v) is 11.3. The molecular formula is C25H21F2N7O. The Hall–Kier alpha value is -4.26. The number of aromatic nitrogens is 3. The van der Waals surface area contributed by atoms with Gasteiger partial charge in [0, 0.05) is 43.2 Å². The van der Waals surface area contributed by atoms with E-state index < -0.39 is 11.6 Å². The fraction of sp³-hybridized carbons (Fsp3) is 0.280. The number of fused-ring (bicyclic) bond motifs is 3. The van der Waals surface area contributed by atoms with E-state index in [-0.39, 0.29) is 34.0 Å². The monoisotopic (exact) mass is 473 g/mol. The molecule has 1 amide bonds. The lowest BCUT2D eigenvalue weighted by atomic mass is 9.86. The van der Waals surface area contributed by atoms with E-state index in [0.717, 1.165) is 12.8 Å². The molecule has 4 aromatic rings. The van der Waals surface area contributed by atoms with Gasteiger partial charge in [-0.2, -0.15) is 5.26 Å². The molecule has 1 spiro atoms. The van der Waals surface area contributed by atoms with Crippen LogP contribution in [0.2, 0.25) is 0 Å². The van der Waals surface area contributed by atoms with E-state index in [1.165, 1.54) is 16.5 Å². The molecule has 2 fully saturated rings. The third-order valence-electron chi connectivity index (χ3n) is 7.21. The van der Waals surface area contributed by atoms with Gasteiger partial charge in [-0.25, -0.2) is 18.7 Å². The first-order valence-electron chi connectivity index (χ1n) is 11.3. The predicted molar refractivity (Wildman–Crippen MR) is 126 cm³/mol.